The van der Waals surface area contributed by atoms with E-state index < -0.39 is 0 Å². The minimum Gasteiger partial charge on any atom is -0.326 e. The summed E-state index contributed by atoms with van der Waals surface area (Å²) in [4.78, 5) is 4.26. The number of imidazole rings is 1. The van der Waals surface area contributed by atoms with Gasteiger partial charge in [-0.15, -0.1) is 0 Å². The Morgan fingerprint density at radius 2 is 1.94 bits per heavy atom. The normalized spacial score (nSPS) is 14.6. The molecule has 2 rings (SSSR count). The largest absolute Gasteiger partial charge is 0.326 e. The van der Waals surface area contributed by atoms with Gasteiger partial charge in [-0.05, 0) is 31.5 Å². The van der Waals surface area contributed by atoms with Crippen LogP contribution in [0.4, 0.5) is 0 Å². The van der Waals surface area contributed by atoms with Crippen LogP contribution in [0.25, 0.3) is 0 Å². The second-order valence-electron chi connectivity index (χ2n) is 4.24. The zero-order valence-electron chi connectivity index (χ0n) is 9.97. The first kappa shape index (κ1) is 12.3. The minimum atomic E-state index is 0.0316. The topological polar surface area (TPSA) is 43.8 Å². The van der Waals surface area contributed by atoms with Gasteiger partial charge in [-0.2, -0.15) is 0 Å². The third-order valence-corrected chi connectivity index (χ3v) is 3.40. The molecule has 0 bridgehead atoms. The van der Waals surface area contributed by atoms with Crippen LogP contribution in [0.5, 0.6) is 0 Å². The summed E-state index contributed by atoms with van der Waals surface area (Å²) >= 11 is 3.44. The first-order valence-electron chi connectivity index (χ1n) is 5.60. The molecule has 1 heterocycles. The predicted molar refractivity (Wildman–Crippen MR) is 72.9 cm³/mol. The van der Waals surface area contributed by atoms with Crippen LogP contribution in [0.15, 0.2) is 41.1 Å². The molecule has 4 heteroatoms. The Labute approximate surface area is 110 Å². The average molecular weight is 294 g/mol. The molecule has 1 aromatic carbocycles. The van der Waals surface area contributed by atoms with Crippen LogP contribution in [0.3, 0.4) is 0 Å². The van der Waals surface area contributed by atoms with E-state index in [0.717, 1.165) is 10.3 Å². The number of rotatable bonds is 3. The van der Waals surface area contributed by atoms with Crippen molar-refractivity contribution in [3.05, 3.63) is 52.5 Å². The van der Waals surface area contributed by atoms with Gasteiger partial charge in [0, 0.05) is 22.9 Å². The van der Waals surface area contributed by atoms with E-state index in [1.807, 2.05) is 38.4 Å². The Kier molecular flexibility index (Phi) is 3.64. The molecular weight excluding hydrogens is 278 g/mol. The Balaban J connectivity index is 2.43. The van der Waals surface area contributed by atoms with E-state index in [4.69, 9.17) is 5.73 Å². The first-order chi connectivity index (χ1) is 8.09. The lowest BCUT2D eigenvalue weighted by Crippen LogP contribution is -2.30. The van der Waals surface area contributed by atoms with Crippen molar-refractivity contribution >= 4 is 15.9 Å². The van der Waals surface area contributed by atoms with Gasteiger partial charge >= 0.3 is 0 Å². The number of aromatic nitrogens is 2. The van der Waals surface area contributed by atoms with Crippen molar-refractivity contribution in [1.29, 1.82) is 0 Å². The lowest BCUT2D eigenvalue weighted by molar-refractivity contribution is 0.486. The summed E-state index contributed by atoms with van der Waals surface area (Å²) in [5, 5.41) is 0. The molecule has 0 saturated carbocycles. The third-order valence-electron chi connectivity index (χ3n) is 2.87. The van der Waals surface area contributed by atoms with Gasteiger partial charge in [-0.3, -0.25) is 0 Å². The highest BCUT2D eigenvalue weighted by molar-refractivity contribution is 9.10. The van der Waals surface area contributed by atoms with Crippen molar-refractivity contribution < 1.29 is 0 Å². The lowest BCUT2D eigenvalue weighted by Gasteiger charge is -2.24. The zero-order valence-corrected chi connectivity index (χ0v) is 11.6. The van der Waals surface area contributed by atoms with E-state index >= 15 is 0 Å². The van der Waals surface area contributed by atoms with Crippen molar-refractivity contribution in [2.45, 2.75) is 25.9 Å². The molecule has 0 radical (unpaired) electrons. The van der Waals surface area contributed by atoms with Crippen molar-refractivity contribution in [3.63, 3.8) is 0 Å². The van der Waals surface area contributed by atoms with E-state index in [0.29, 0.717) is 0 Å². The molecule has 0 aliphatic carbocycles. The van der Waals surface area contributed by atoms with E-state index in [1.165, 1.54) is 5.56 Å². The maximum atomic E-state index is 6.11. The highest BCUT2D eigenvalue weighted by Gasteiger charge is 2.19. The molecule has 0 aliphatic heterocycles. The highest BCUT2D eigenvalue weighted by Crippen LogP contribution is 2.24. The molecule has 3 nitrogen and oxygen atoms in total. The molecule has 90 valence electrons. The zero-order chi connectivity index (χ0) is 12.4. The quantitative estimate of drug-likeness (QED) is 0.946. The SMILES string of the molecule is Cc1nccn1C(c1ccc(Br)cc1)C(C)N. The number of benzene rings is 1. The van der Waals surface area contributed by atoms with Gasteiger partial charge in [-0.1, -0.05) is 28.1 Å². The second-order valence-corrected chi connectivity index (χ2v) is 5.15. The number of halogens is 1. The van der Waals surface area contributed by atoms with Gasteiger partial charge < -0.3 is 10.3 Å². The van der Waals surface area contributed by atoms with Gasteiger partial charge in [0.15, 0.2) is 0 Å². The Morgan fingerprint density at radius 3 is 2.41 bits per heavy atom. The van der Waals surface area contributed by atoms with E-state index in [-0.39, 0.29) is 12.1 Å². The molecule has 17 heavy (non-hydrogen) atoms. The number of hydrogen-bond acceptors (Lipinski definition) is 2. The van der Waals surface area contributed by atoms with Crippen LogP contribution in [0, 0.1) is 6.92 Å². The smallest absolute Gasteiger partial charge is 0.106 e. The molecule has 2 aromatic rings. The average Bonchev–Trinajstić information content (AvgIpc) is 2.68. The predicted octanol–water partition coefficient (Wildman–Crippen LogP) is 2.89. The molecule has 0 fully saturated rings. The molecule has 0 aliphatic rings. The van der Waals surface area contributed by atoms with Crippen LogP contribution in [-0.2, 0) is 0 Å². The van der Waals surface area contributed by atoms with E-state index in [1.54, 1.807) is 0 Å². The molecule has 2 atom stereocenters. The van der Waals surface area contributed by atoms with E-state index in [9.17, 15) is 0 Å². The van der Waals surface area contributed by atoms with Crippen LogP contribution in [0.1, 0.15) is 24.4 Å². The maximum Gasteiger partial charge on any atom is 0.106 e. The van der Waals surface area contributed by atoms with Crippen LogP contribution >= 0.6 is 15.9 Å². The first-order valence-corrected chi connectivity index (χ1v) is 6.39. The van der Waals surface area contributed by atoms with Gasteiger partial charge in [0.05, 0.1) is 6.04 Å². The number of nitrogens with two attached hydrogens (primary N) is 1. The summed E-state index contributed by atoms with van der Waals surface area (Å²) in [7, 11) is 0. The van der Waals surface area contributed by atoms with Crippen molar-refractivity contribution in [2.75, 3.05) is 0 Å². The lowest BCUT2D eigenvalue weighted by atomic mass is 10.0. The van der Waals surface area contributed by atoms with Gasteiger partial charge in [0.2, 0.25) is 0 Å². The molecule has 0 spiro atoms. The fourth-order valence-corrected chi connectivity index (χ4v) is 2.32. The van der Waals surface area contributed by atoms with Crippen molar-refractivity contribution in [3.8, 4) is 0 Å². The summed E-state index contributed by atoms with van der Waals surface area (Å²) < 4.78 is 3.19. The van der Waals surface area contributed by atoms with Gasteiger partial charge in [-0.25, -0.2) is 4.98 Å². The fourth-order valence-electron chi connectivity index (χ4n) is 2.06. The van der Waals surface area contributed by atoms with Crippen LogP contribution in [-0.4, -0.2) is 15.6 Å². The van der Waals surface area contributed by atoms with Crippen molar-refractivity contribution in [1.82, 2.24) is 9.55 Å². The molecule has 0 saturated heterocycles. The van der Waals surface area contributed by atoms with Crippen LogP contribution < -0.4 is 5.73 Å². The summed E-state index contributed by atoms with van der Waals surface area (Å²) in [6, 6.07) is 8.43. The Morgan fingerprint density at radius 1 is 1.29 bits per heavy atom. The van der Waals surface area contributed by atoms with Gasteiger partial charge in [0.25, 0.3) is 0 Å². The summed E-state index contributed by atoms with van der Waals surface area (Å²) in [6.07, 6.45) is 3.79. The molecular formula is C13H16BrN3. The maximum absolute atomic E-state index is 6.11. The number of nitrogens with zero attached hydrogens (tertiary/aromatic N) is 2. The minimum absolute atomic E-state index is 0.0316. The summed E-state index contributed by atoms with van der Waals surface area (Å²) in [5.74, 6) is 0.982. The summed E-state index contributed by atoms with van der Waals surface area (Å²) in [6.45, 7) is 4.01. The Bertz CT molecular complexity index is 488. The fraction of sp³-hybridized carbons (Fsp3) is 0.308. The second kappa shape index (κ2) is 5.02. The molecule has 2 N–H and O–H groups in total. The molecule has 0 amide bonds. The summed E-state index contributed by atoms with van der Waals surface area (Å²) in [5.41, 5.74) is 7.30. The van der Waals surface area contributed by atoms with Gasteiger partial charge in [0.1, 0.15) is 5.82 Å². The number of hydrogen-bond donors (Lipinski definition) is 1. The standard InChI is InChI=1S/C13H16BrN3/c1-9(15)13(17-8-7-16-10(17)2)11-3-5-12(14)6-4-11/h3-9,13H,15H2,1-2H3. The van der Waals surface area contributed by atoms with Crippen molar-refractivity contribution in [2.24, 2.45) is 5.73 Å². The molecule has 2 unspecified atom stereocenters. The number of aryl methyl sites for hydroxylation is 1. The van der Waals surface area contributed by atoms with E-state index in [2.05, 4.69) is 37.6 Å². The monoisotopic (exact) mass is 293 g/mol. The highest BCUT2D eigenvalue weighted by atomic mass is 79.9. The molecule has 1 aromatic heterocycles. The Hall–Kier alpha value is -1.13. The third kappa shape index (κ3) is 2.58. The van der Waals surface area contributed by atoms with Crippen LogP contribution in [0.2, 0.25) is 0 Å².